The molecule has 4 aromatic rings. The van der Waals surface area contributed by atoms with Gasteiger partial charge in [-0.05, 0) is 66.8 Å². The second-order valence-corrected chi connectivity index (χ2v) is 9.93. The van der Waals surface area contributed by atoms with E-state index in [1.165, 1.54) is 31.2 Å². The largest absolute Gasteiger partial charge is 0.379 e. The predicted molar refractivity (Wildman–Crippen MR) is 146 cm³/mol. The minimum Gasteiger partial charge on any atom is -0.379 e. The highest BCUT2D eigenvalue weighted by Gasteiger charge is 2.27. The second-order valence-electron chi connectivity index (χ2n) is 9.93. The van der Waals surface area contributed by atoms with Crippen molar-refractivity contribution in [2.75, 3.05) is 31.6 Å². The van der Waals surface area contributed by atoms with E-state index in [4.69, 9.17) is 9.72 Å². The van der Waals surface area contributed by atoms with Crippen molar-refractivity contribution in [3.8, 4) is 11.3 Å². The molecule has 0 amide bonds. The van der Waals surface area contributed by atoms with Crippen molar-refractivity contribution >= 4 is 22.3 Å². The second kappa shape index (κ2) is 9.87. The number of H-pyrrole nitrogens is 1. The van der Waals surface area contributed by atoms with E-state index < -0.39 is 0 Å². The van der Waals surface area contributed by atoms with Crippen LogP contribution in [0.5, 0.6) is 0 Å². The summed E-state index contributed by atoms with van der Waals surface area (Å²) in [5, 5.41) is 9.07. The first kappa shape index (κ1) is 22.9. The van der Waals surface area contributed by atoms with Crippen molar-refractivity contribution in [1.29, 1.82) is 0 Å². The lowest BCUT2D eigenvalue weighted by Crippen LogP contribution is -2.44. The van der Waals surface area contributed by atoms with E-state index in [0.717, 1.165) is 48.6 Å². The van der Waals surface area contributed by atoms with E-state index >= 15 is 0 Å². The number of fused-ring (bicyclic) bond motifs is 1. The van der Waals surface area contributed by atoms with Crippen molar-refractivity contribution in [3.63, 3.8) is 0 Å². The molecule has 1 aliphatic heterocycles. The van der Waals surface area contributed by atoms with Gasteiger partial charge in [0.1, 0.15) is 5.82 Å². The lowest BCUT2D eigenvalue weighted by Gasteiger charge is -2.38. The molecule has 6 rings (SSSR count). The summed E-state index contributed by atoms with van der Waals surface area (Å²) in [6.45, 7) is 3.89. The molecule has 0 spiro atoms. The van der Waals surface area contributed by atoms with Crippen LogP contribution in [0.15, 0.2) is 59.8 Å². The van der Waals surface area contributed by atoms with Gasteiger partial charge in [-0.1, -0.05) is 12.1 Å². The molecule has 2 fully saturated rings. The van der Waals surface area contributed by atoms with Gasteiger partial charge in [0.15, 0.2) is 0 Å². The highest BCUT2D eigenvalue weighted by molar-refractivity contribution is 5.95. The van der Waals surface area contributed by atoms with Gasteiger partial charge >= 0.3 is 0 Å². The quantitative estimate of drug-likeness (QED) is 0.415. The van der Waals surface area contributed by atoms with E-state index in [2.05, 4.69) is 44.6 Å². The minimum absolute atomic E-state index is 0. The van der Waals surface area contributed by atoms with Crippen LogP contribution in [0.2, 0.25) is 0 Å². The highest BCUT2D eigenvalue weighted by Crippen LogP contribution is 2.36. The Hall–Kier alpha value is -3.49. The van der Waals surface area contributed by atoms with Crippen LogP contribution in [0.25, 0.3) is 22.0 Å². The smallest absolute Gasteiger partial charge is 0.259 e. The molecule has 8 heteroatoms. The third-order valence-corrected chi connectivity index (χ3v) is 7.66. The van der Waals surface area contributed by atoms with Gasteiger partial charge in [-0.25, -0.2) is 4.98 Å². The number of anilines is 2. The van der Waals surface area contributed by atoms with Crippen molar-refractivity contribution in [2.24, 2.45) is 7.05 Å². The first-order valence-electron chi connectivity index (χ1n) is 12.8. The molecule has 4 heterocycles. The Labute approximate surface area is 213 Å². The van der Waals surface area contributed by atoms with Crippen LogP contribution >= 0.6 is 0 Å². The number of pyridine rings is 2. The molecule has 8 nitrogen and oxygen atoms in total. The number of rotatable bonds is 5. The van der Waals surface area contributed by atoms with Crippen molar-refractivity contribution in [1.82, 2.24) is 24.6 Å². The van der Waals surface area contributed by atoms with Crippen LogP contribution in [-0.4, -0.2) is 57.0 Å². The van der Waals surface area contributed by atoms with Gasteiger partial charge < -0.3 is 15.0 Å². The number of morpholine rings is 1. The molecule has 0 radical (unpaired) electrons. The number of aryl methyl sites for hydroxylation is 1. The van der Waals surface area contributed by atoms with Crippen LogP contribution < -0.4 is 10.9 Å². The standard InChI is InChI=1S/C28H32N6O2.2H2/c1-33-18-22(17-30-33)25-16-21-10-11-29-28(35)26(21)27(32-25)31-23-6-2-19(3-7-23)20-4-8-24(9-5-20)34-12-14-36-15-13-34;;/h2-3,6-7,10-11,16-18,20,24H,4-5,8-9,12-15H2,1H3,(H,29,35)(H,31,32);2*1H. The first-order chi connectivity index (χ1) is 17.6. The summed E-state index contributed by atoms with van der Waals surface area (Å²) >= 11 is 0. The summed E-state index contributed by atoms with van der Waals surface area (Å²) < 4.78 is 7.27. The summed E-state index contributed by atoms with van der Waals surface area (Å²) in [6, 6.07) is 13.2. The van der Waals surface area contributed by atoms with Gasteiger partial charge in [0.2, 0.25) is 0 Å². The Kier molecular flexibility index (Phi) is 6.29. The van der Waals surface area contributed by atoms with E-state index in [1.807, 2.05) is 25.4 Å². The Morgan fingerprint density at radius 1 is 1.08 bits per heavy atom. The number of nitrogens with zero attached hydrogens (tertiary/aromatic N) is 4. The topological polar surface area (TPSA) is 88.1 Å². The maximum atomic E-state index is 12.7. The number of hydrogen-bond acceptors (Lipinski definition) is 6. The summed E-state index contributed by atoms with van der Waals surface area (Å²) in [4.78, 5) is 22.9. The number of nitrogens with one attached hydrogen (secondary N) is 2. The molecule has 3 aromatic heterocycles. The van der Waals surface area contributed by atoms with Gasteiger partial charge in [-0.3, -0.25) is 14.4 Å². The number of ether oxygens (including phenoxy) is 1. The maximum absolute atomic E-state index is 12.7. The Balaban J connectivity index is 0.00000168. The van der Waals surface area contributed by atoms with Crippen molar-refractivity contribution in [2.45, 2.75) is 37.6 Å². The molecule has 1 saturated heterocycles. The molecule has 1 aliphatic carbocycles. The molecule has 1 aromatic carbocycles. The van der Waals surface area contributed by atoms with E-state index in [9.17, 15) is 4.79 Å². The third kappa shape index (κ3) is 4.66. The SMILES string of the molecule is Cn1cc(-c2cc3cc[nH]c(=O)c3c(Nc3ccc(C4CCC(N5CCOCC5)CC4)cc3)n2)cn1.[HH].[HH]. The van der Waals surface area contributed by atoms with Crippen molar-refractivity contribution in [3.05, 3.63) is 70.9 Å². The van der Waals surface area contributed by atoms with Crippen LogP contribution in [0.3, 0.4) is 0 Å². The van der Waals surface area contributed by atoms with Crippen molar-refractivity contribution < 1.29 is 7.59 Å². The lowest BCUT2D eigenvalue weighted by atomic mass is 9.81. The van der Waals surface area contributed by atoms with E-state index in [1.54, 1.807) is 17.1 Å². The van der Waals surface area contributed by atoms with Gasteiger partial charge in [-0.15, -0.1) is 0 Å². The number of aromatic amines is 1. The Morgan fingerprint density at radius 3 is 2.58 bits per heavy atom. The molecule has 1 saturated carbocycles. The molecule has 0 bridgehead atoms. The molecule has 2 N–H and O–H groups in total. The van der Waals surface area contributed by atoms with Crippen LogP contribution in [0, 0.1) is 0 Å². The zero-order chi connectivity index (χ0) is 24.5. The molecule has 2 aliphatic rings. The van der Waals surface area contributed by atoms with E-state index in [-0.39, 0.29) is 8.41 Å². The van der Waals surface area contributed by atoms with Crippen LogP contribution in [0.1, 0.15) is 40.0 Å². The summed E-state index contributed by atoms with van der Waals surface area (Å²) in [7, 11) is 1.88. The zero-order valence-electron chi connectivity index (χ0n) is 20.6. The van der Waals surface area contributed by atoms with Crippen LogP contribution in [-0.2, 0) is 11.8 Å². The molecule has 0 atom stereocenters. The minimum atomic E-state index is -0.158. The predicted octanol–water partition coefficient (Wildman–Crippen LogP) is 4.92. The fourth-order valence-corrected chi connectivity index (χ4v) is 5.70. The first-order valence-corrected chi connectivity index (χ1v) is 12.8. The Bertz CT molecular complexity index is 1410. The molecular formula is C28H36N6O2. The summed E-state index contributed by atoms with van der Waals surface area (Å²) in [6.07, 6.45) is 10.3. The van der Waals surface area contributed by atoms with Gasteiger partial charge in [-0.2, -0.15) is 5.10 Å². The zero-order valence-corrected chi connectivity index (χ0v) is 20.6. The lowest BCUT2D eigenvalue weighted by molar-refractivity contribution is 0.00730. The number of hydrogen-bond donors (Lipinski definition) is 2. The summed E-state index contributed by atoms with van der Waals surface area (Å²) in [5.74, 6) is 1.15. The van der Waals surface area contributed by atoms with E-state index in [0.29, 0.717) is 23.2 Å². The Morgan fingerprint density at radius 2 is 1.86 bits per heavy atom. The van der Waals surface area contributed by atoms with Crippen LogP contribution in [0.4, 0.5) is 11.5 Å². The average Bonchev–Trinajstić information content (AvgIpc) is 3.36. The highest BCUT2D eigenvalue weighted by atomic mass is 16.5. The molecular weight excluding hydrogens is 452 g/mol. The maximum Gasteiger partial charge on any atom is 0.259 e. The average molecular weight is 489 g/mol. The number of aromatic nitrogens is 4. The third-order valence-electron chi connectivity index (χ3n) is 7.66. The fraction of sp³-hybridized carbons (Fsp3) is 0.393. The fourth-order valence-electron chi connectivity index (χ4n) is 5.70. The number of benzene rings is 1. The monoisotopic (exact) mass is 488 g/mol. The normalized spacial score (nSPS) is 21.0. The van der Waals surface area contributed by atoms with Gasteiger partial charge in [0.05, 0.1) is 30.5 Å². The molecule has 0 unspecified atom stereocenters. The van der Waals surface area contributed by atoms with Gasteiger partial charge in [0, 0.05) is 52.7 Å². The summed E-state index contributed by atoms with van der Waals surface area (Å²) in [5.41, 5.74) is 3.83. The van der Waals surface area contributed by atoms with Gasteiger partial charge in [0.25, 0.3) is 5.56 Å². The molecule has 36 heavy (non-hydrogen) atoms. The molecule has 190 valence electrons.